The molecule has 5 heteroatoms. The number of oxime groups is 1. The molecule has 0 aliphatic rings. The van der Waals surface area contributed by atoms with E-state index in [1.54, 1.807) is 12.1 Å². The second-order valence-electron chi connectivity index (χ2n) is 5.78. The Bertz CT molecular complexity index is 842. The first-order chi connectivity index (χ1) is 13.3. The van der Waals surface area contributed by atoms with Crippen molar-refractivity contribution in [3.05, 3.63) is 95.8 Å². The first-order valence-corrected chi connectivity index (χ1v) is 8.66. The molecule has 0 aliphatic carbocycles. The minimum absolute atomic E-state index is 0.203. The zero-order chi connectivity index (χ0) is 18.9. The zero-order valence-electron chi connectivity index (χ0n) is 15.1. The molecule has 27 heavy (non-hydrogen) atoms. The van der Waals surface area contributed by atoms with Crippen molar-refractivity contribution in [1.29, 1.82) is 0 Å². The normalized spacial score (nSPS) is 10.1. The van der Waals surface area contributed by atoms with Crippen molar-refractivity contribution in [3.8, 4) is 5.75 Å². The zero-order valence-corrected chi connectivity index (χ0v) is 15.1. The minimum Gasteiger partial charge on any atom is -0.494 e. The van der Waals surface area contributed by atoms with Crippen molar-refractivity contribution in [2.75, 3.05) is 25.6 Å². The maximum absolute atomic E-state index is 13.4. The van der Waals surface area contributed by atoms with Crippen LogP contribution in [-0.2, 0) is 4.84 Å². The lowest BCUT2D eigenvalue weighted by Crippen LogP contribution is -2.10. The van der Waals surface area contributed by atoms with E-state index in [1.165, 1.54) is 13.2 Å². The van der Waals surface area contributed by atoms with Gasteiger partial charge in [-0.05, 0) is 12.1 Å². The average molecular weight is 364 g/mol. The van der Waals surface area contributed by atoms with E-state index in [0.717, 1.165) is 22.5 Å². The second kappa shape index (κ2) is 9.38. The van der Waals surface area contributed by atoms with Gasteiger partial charge >= 0.3 is 0 Å². The molecule has 0 fully saturated rings. The van der Waals surface area contributed by atoms with Crippen LogP contribution in [0.25, 0.3) is 0 Å². The molecular weight excluding hydrogens is 343 g/mol. The molecule has 0 saturated heterocycles. The van der Waals surface area contributed by atoms with Crippen molar-refractivity contribution >= 4 is 11.4 Å². The van der Waals surface area contributed by atoms with Crippen LogP contribution in [-0.4, -0.2) is 26.0 Å². The lowest BCUT2D eigenvalue weighted by Gasteiger charge is -2.10. The fraction of sp³-hybridized carbons (Fsp3) is 0.136. The summed E-state index contributed by atoms with van der Waals surface area (Å²) in [6, 6.07) is 24.4. The molecule has 0 aromatic heterocycles. The van der Waals surface area contributed by atoms with Gasteiger partial charge in [0.1, 0.15) is 12.3 Å². The lowest BCUT2D eigenvalue weighted by molar-refractivity contribution is 0.155. The van der Waals surface area contributed by atoms with Gasteiger partial charge in [-0.3, -0.25) is 0 Å². The highest BCUT2D eigenvalue weighted by molar-refractivity contribution is 6.12. The summed E-state index contributed by atoms with van der Waals surface area (Å²) in [5.74, 6) is -0.186. The van der Waals surface area contributed by atoms with Crippen LogP contribution in [0.15, 0.2) is 84.0 Å². The number of nitrogens with zero attached hydrogens (tertiary/aromatic N) is 1. The van der Waals surface area contributed by atoms with Crippen LogP contribution in [0.3, 0.4) is 0 Å². The molecule has 0 unspecified atom stereocenters. The number of hydrogen-bond donors (Lipinski definition) is 1. The van der Waals surface area contributed by atoms with Crippen LogP contribution in [0, 0.1) is 5.82 Å². The molecule has 3 rings (SSSR count). The largest absolute Gasteiger partial charge is 0.494 e. The Morgan fingerprint density at radius 1 is 0.926 bits per heavy atom. The predicted molar refractivity (Wildman–Crippen MR) is 106 cm³/mol. The Labute approximate surface area is 158 Å². The fourth-order valence-corrected chi connectivity index (χ4v) is 2.59. The van der Waals surface area contributed by atoms with Crippen LogP contribution < -0.4 is 10.1 Å². The quantitative estimate of drug-likeness (QED) is 0.357. The Morgan fingerprint density at radius 3 is 2.15 bits per heavy atom. The SMILES string of the molecule is COc1cc(NCCON=C(c2ccccc2)c2ccccc2)ccc1F. The highest BCUT2D eigenvalue weighted by Gasteiger charge is 2.07. The van der Waals surface area contributed by atoms with Crippen molar-refractivity contribution < 1.29 is 14.0 Å². The van der Waals surface area contributed by atoms with E-state index < -0.39 is 0 Å². The van der Waals surface area contributed by atoms with Gasteiger partial charge in [0.25, 0.3) is 0 Å². The van der Waals surface area contributed by atoms with Crippen molar-refractivity contribution in [1.82, 2.24) is 0 Å². The Kier molecular flexibility index (Phi) is 6.41. The van der Waals surface area contributed by atoms with Gasteiger partial charge in [0.2, 0.25) is 0 Å². The van der Waals surface area contributed by atoms with E-state index >= 15 is 0 Å². The van der Waals surface area contributed by atoms with Gasteiger partial charge in [0.05, 0.1) is 13.7 Å². The first-order valence-electron chi connectivity index (χ1n) is 8.66. The van der Waals surface area contributed by atoms with Crippen molar-refractivity contribution in [3.63, 3.8) is 0 Å². The molecule has 0 radical (unpaired) electrons. The molecule has 0 atom stereocenters. The molecule has 3 aromatic rings. The number of hydrogen-bond acceptors (Lipinski definition) is 4. The van der Waals surface area contributed by atoms with Gasteiger partial charge in [-0.1, -0.05) is 65.8 Å². The molecule has 138 valence electrons. The van der Waals surface area contributed by atoms with E-state index in [9.17, 15) is 4.39 Å². The first kappa shape index (κ1) is 18.5. The maximum Gasteiger partial charge on any atom is 0.165 e. The van der Waals surface area contributed by atoms with Gasteiger partial charge < -0.3 is 14.9 Å². The summed E-state index contributed by atoms with van der Waals surface area (Å²) in [4.78, 5) is 5.53. The van der Waals surface area contributed by atoms with Crippen molar-refractivity contribution in [2.24, 2.45) is 5.16 Å². The second-order valence-corrected chi connectivity index (χ2v) is 5.78. The molecule has 0 amide bonds. The summed E-state index contributed by atoms with van der Waals surface area (Å²) in [6.45, 7) is 0.887. The molecule has 3 aromatic carbocycles. The number of benzene rings is 3. The molecule has 4 nitrogen and oxygen atoms in total. The molecule has 0 heterocycles. The Hall–Kier alpha value is -3.34. The van der Waals surface area contributed by atoms with E-state index in [4.69, 9.17) is 9.57 Å². The van der Waals surface area contributed by atoms with Gasteiger partial charge in [0.15, 0.2) is 11.6 Å². The molecule has 0 bridgehead atoms. The van der Waals surface area contributed by atoms with Crippen LogP contribution in [0.5, 0.6) is 5.75 Å². The number of ether oxygens (including phenoxy) is 1. The van der Waals surface area contributed by atoms with E-state index in [0.29, 0.717) is 13.2 Å². The summed E-state index contributed by atoms with van der Waals surface area (Å²) in [5.41, 5.74) is 3.51. The summed E-state index contributed by atoms with van der Waals surface area (Å²) < 4.78 is 18.4. The van der Waals surface area contributed by atoms with E-state index in [2.05, 4.69) is 10.5 Å². The number of anilines is 1. The summed E-state index contributed by atoms with van der Waals surface area (Å²) in [7, 11) is 1.44. The highest BCUT2D eigenvalue weighted by Crippen LogP contribution is 2.21. The molecular formula is C22H21FN2O2. The molecule has 0 spiro atoms. The predicted octanol–water partition coefficient (Wildman–Crippen LogP) is 4.72. The van der Waals surface area contributed by atoms with Crippen LogP contribution in [0.1, 0.15) is 11.1 Å². The average Bonchev–Trinajstić information content (AvgIpc) is 2.73. The third-order valence-electron chi connectivity index (χ3n) is 3.92. The monoisotopic (exact) mass is 364 g/mol. The number of nitrogens with one attached hydrogen (secondary N) is 1. The number of rotatable bonds is 8. The van der Waals surface area contributed by atoms with Gasteiger partial charge in [-0.15, -0.1) is 0 Å². The lowest BCUT2D eigenvalue weighted by atomic mass is 10.0. The summed E-state index contributed by atoms with van der Waals surface area (Å²) >= 11 is 0. The molecule has 1 N–H and O–H groups in total. The number of methoxy groups -OCH3 is 1. The maximum atomic E-state index is 13.4. The topological polar surface area (TPSA) is 42.8 Å². The fourth-order valence-electron chi connectivity index (χ4n) is 2.59. The highest BCUT2D eigenvalue weighted by atomic mass is 19.1. The number of halogens is 1. The van der Waals surface area contributed by atoms with Crippen LogP contribution >= 0.6 is 0 Å². The molecule has 0 saturated carbocycles. The Balaban J connectivity index is 1.62. The smallest absolute Gasteiger partial charge is 0.165 e. The molecule has 0 aliphatic heterocycles. The van der Waals surface area contributed by atoms with Crippen LogP contribution in [0.2, 0.25) is 0 Å². The van der Waals surface area contributed by atoms with Crippen molar-refractivity contribution in [2.45, 2.75) is 0 Å². The van der Waals surface area contributed by atoms with Gasteiger partial charge in [-0.25, -0.2) is 4.39 Å². The third-order valence-corrected chi connectivity index (χ3v) is 3.92. The van der Waals surface area contributed by atoms with E-state index in [-0.39, 0.29) is 11.6 Å². The van der Waals surface area contributed by atoms with Gasteiger partial charge in [0, 0.05) is 22.9 Å². The summed E-state index contributed by atoms with van der Waals surface area (Å²) in [5, 5.41) is 7.49. The van der Waals surface area contributed by atoms with Gasteiger partial charge in [-0.2, -0.15) is 0 Å². The van der Waals surface area contributed by atoms with E-state index in [1.807, 2.05) is 60.7 Å². The third kappa shape index (κ3) is 5.07. The Morgan fingerprint density at radius 2 is 1.56 bits per heavy atom. The standard InChI is InChI=1S/C22H21FN2O2/c1-26-21-16-19(12-13-20(21)23)24-14-15-27-25-22(17-8-4-2-5-9-17)18-10-6-3-7-11-18/h2-13,16,24H,14-15H2,1H3. The summed E-state index contributed by atoms with van der Waals surface area (Å²) in [6.07, 6.45) is 0. The van der Waals surface area contributed by atoms with Crippen LogP contribution in [0.4, 0.5) is 10.1 Å². The minimum atomic E-state index is -0.390.